The van der Waals surface area contributed by atoms with Gasteiger partial charge in [0, 0.05) is 12.6 Å². The van der Waals surface area contributed by atoms with Crippen LogP contribution >= 0.6 is 0 Å². The molecule has 0 saturated carbocycles. The fourth-order valence-corrected chi connectivity index (χ4v) is 3.79. The summed E-state index contributed by atoms with van der Waals surface area (Å²) < 4.78 is 7.53. The van der Waals surface area contributed by atoms with Gasteiger partial charge >= 0.3 is 0 Å². The number of hydrogen-bond donors (Lipinski definition) is 1. The molecule has 0 atom stereocenters. The van der Waals surface area contributed by atoms with Crippen LogP contribution in [0, 0.1) is 11.3 Å². The van der Waals surface area contributed by atoms with Crippen LogP contribution in [0.4, 0.5) is 0 Å². The Labute approximate surface area is 179 Å². The Bertz CT molecular complexity index is 1420. The molecule has 1 N–H and O–H groups in total. The molecule has 150 valence electrons. The van der Waals surface area contributed by atoms with Gasteiger partial charge in [0.1, 0.15) is 11.4 Å². The van der Waals surface area contributed by atoms with E-state index in [4.69, 9.17) is 15.1 Å². The maximum absolute atomic E-state index is 9.15. The van der Waals surface area contributed by atoms with E-state index in [-0.39, 0.29) is 0 Å². The van der Waals surface area contributed by atoms with E-state index in [1.54, 1.807) is 23.9 Å². The van der Waals surface area contributed by atoms with Gasteiger partial charge < -0.3 is 9.72 Å². The quantitative estimate of drug-likeness (QED) is 0.447. The molecule has 0 amide bonds. The second-order valence-corrected chi connectivity index (χ2v) is 7.23. The first kappa shape index (κ1) is 18.6. The summed E-state index contributed by atoms with van der Waals surface area (Å²) in [6, 6.07) is 26.1. The molecule has 0 bridgehead atoms. The Morgan fingerprint density at radius 1 is 0.935 bits per heavy atom. The van der Waals surface area contributed by atoms with Gasteiger partial charge in [0.2, 0.25) is 0 Å². The molecule has 3 aromatic carbocycles. The molecule has 0 radical (unpaired) electrons. The molecule has 31 heavy (non-hydrogen) atoms. The van der Waals surface area contributed by atoms with Gasteiger partial charge in [0.15, 0.2) is 11.6 Å². The van der Waals surface area contributed by atoms with Crippen molar-refractivity contribution in [3.63, 3.8) is 0 Å². The third kappa shape index (κ3) is 3.22. The number of nitrogens with one attached hydrogen (secondary N) is 1. The molecule has 0 fully saturated rings. The molecule has 6 heteroatoms. The monoisotopic (exact) mass is 405 g/mol. The Kier molecular flexibility index (Phi) is 4.49. The number of hydrogen-bond acceptors (Lipinski definition) is 4. The summed E-state index contributed by atoms with van der Waals surface area (Å²) in [5.41, 5.74) is 6.93. The molecule has 2 heterocycles. The summed E-state index contributed by atoms with van der Waals surface area (Å²) >= 11 is 0. The van der Waals surface area contributed by atoms with Crippen molar-refractivity contribution in [3.05, 3.63) is 78.4 Å². The van der Waals surface area contributed by atoms with Gasteiger partial charge in [-0.25, -0.2) is 4.98 Å². The number of fused-ring (bicyclic) bond motifs is 1. The second-order valence-electron chi connectivity index (χ2n) is 7.23. The predicted octanol–water partition coefficient (Wildman–Crippen LogP) is 5.18. The smallest absolute Gasteiger partial charge is 0.175 e. The van der Waals surface area contributed by atoms with E-state index in [0.717, 1.165) is 33.5 Å². The number of imidazole rings is 1. The first-order chi connectivity index (χ1) is 15.2. The maximum Gasteiger partial charge on any atom is 0.175 e. The van der Waals surface area contributed by atoms with Crippen molar-refractivity contribution in [2.45, 2.75) is 0 Å². The highest BCUT2D eigenvalue weighted by molar-refractivity contribution is 5.84. The minimum Gasteiger partial charge on any atom is -0.492 e. The third-order valence-corrected chi connectivity index (χ3v) is 5.31. The van der Waals surface area contributed by atoms with E-state index < -0.39 is 0 Å². The highest BCUT2D eigenvalue weighted by Crippen LogP contribution is 2.38. The third-order valence-electron chi connectivity index (χ3n) is 5.31. The van der Waals surface area contributed by atoms with Gasteiger partial charge in [-0.3, -0.25) is 4.68 Å². The minimum absolute atomic E-state index is 0.582. The highest BCUT2D eigenvalue weighted by atomic mass is 16.5. The average Bonchev–Trinajstić information content (AvgIpc) is 3.39. The number of H-pyrrole nitrogens is 1. The molecule has 5 rings (SSSR count). The predicted molar refractivity (Wildman–Crippen MR) is 120 cm³/mol. The van der Waals surface area contributed by atoms with Crippen LogP contribution in [-0.4, -0.2) is 26.9 Å². The number of aromatic amines is 1. The molecule has 6 nitrogen and oxygen atoms in total. The Morgan fingerprint density at radius 2 is 1.65 bits per heavy atom. The van der Waals surface area contributed by atoms with Crippen LogP contribution in [0.25, 0.3) is 44.9 Å². The number of aromatic nitrogens is 4. The van der Waals surface area contributed by atoms with Crippen LogP contribution in [0.2, 0.25) is 0 Å². The van der Waals surface area contributed by atoms with Gasteiger partial charge in [0.25, 0.3) is 0 Å². The molecule has 5 aromatic rings. The first-order valence-corrected chi connectivity index (χ1v) is 9.85. The van der Waals surface area contributed by atoms with Gasteiger partial charge in [-0.05, 0) is 29.3 Å². The van der Waals surface area contributed by atoms with E-state index in [2.05, 4.69) is 52.4 Å². The van der Waals surface area contributed by atoms with Crippen molar-refractivity contribution in [1.82, 2.24) is 19.7 Å². The van der Waals surface area contributed by atoms with Crippen molar-refractivity contribution in [2.75, 3.05) is 7.11 Å². The topological polar surface area (TPSA) is 79.5 Å². The molecule has 0 saturated heterocycles. The summed E-state index contributed by atoms with van der Waals surface area (Å²) in [4.78, 5) is 7.98. The Balaban J connectivity index is 1.58. The van der Waals surface area contributed by atoms with Gasteiger partial charge in [-0.1, -0.05) is 54.6 Å². The standard InChI is InChI=1S/C25H19N5O/c1-30-23(25-27-20-13-8-16(15-26)14-21(20)28-25)24(31-2)22(29-30)19-11-9-18(10-12-19)17-6-4-3-5-7-17/h3-14H,1-2H3,(H,27,28). The zero-order valence-electron chi connectivity index (χ0n) is 17.1. The van der Waals surface area contributed by atoms with E-state index >= 15 is 0 Å². The second kappa shape index (κ2) is 7.47. The maximum atomic E-state index is 9.15. The van der Waals surface area contributed by atoms with Crippen molar-refractivity contribution in [2.24, 2.45) is 7.05 Å². The van der Waals surface area contributed by atoms with Crippen LogP contribution in [0.3, 0.4) is 0 Å². The number of benzene rings is 3. The number of aryl methyl sites for hydroxylation is 1. The van der Waals surface area contributed by atoms with E-state index in [0.29, 0.717) is 17.1 Å². The van der Waals surface area contributed by atoms with Gasteiger partial charge in [-0.15, -0.1) is 0 Å². The summed E-state index contributed by atoms with van der Waals surface area (Å²) in [6.45, 7) is 0. The Morgan fingerprint density at radius 3 is 2.35 bits per heavy atom. The normalized spacial score (nSPS) is 10.9. The van der Waals surface area contributed by atoms with Crippen molar-refractivity contribution >= 4 is 11.0 Å². The SMILES string of the molecule is COc1c(-c2ccc(-c3ccccc3)cc2)nn(C)c1-c1nc2ccc(C#N)cc2[nH]1. The fourth-order valence-electron chi connectivity index (χ4n) is 3.79. The van der Waals surface area contributed by atoms with E-state index in [1.165, 1.54) is 5.56 Å². The van der Waals surface area contributed by atoms with Crippen molar-refractivity contribution in [3.8, 4) is 45.7 Å². The lowest BCUT2D eigenvalue weighted by Crippen LogP contribution is -1.96. The van der Waals surface area contributed by atoms with Crippen LogP contribution < -0.4 is 4.74 Å². The lowest BCUT2D eigenvalue weighted by atomic mass is 10.0. The van der Waals surface area contributed by atoms with Crippen molar-refractivity contribution in [1.29, 1.82) is 5.26 Å². The molecule has 0 aliphatic heterocycles. The van der Waals surface area contributed by atoms with Crippen LogP contribution in [0.5, 0.6) is 5.75 Å². The number of rotatable bonds is 4. The average molecular weight is 405 g/mol. The summed E-state index contributed by atoms with van der Waals surface area (Å²) in [6.07, 6.45) is 0. The molecular weight excluding hydrogens is 386 g/mol. The van der Waals surface area contributed by atoms with Crippen LogP contribution in [0.15, 0.2) is 72.8 Å². The molecule has 0 aliphatic carbocycles. The lowest BCUT2D eigenvalue weighted by molar-refractivity contribution is 0.417. The number of nitriles is 1. The van der Waals surface area contributed by atoms with Crippen molar-refractivity contribution < 1.29 is 4.74 Å². The summed E-state index contributed by atoms with van der Waals surface area (Å²) in [5, 5.41) is 13.9. The molecule has 0 spiro atoms. The van der Waals surface area contributed by atoms with Gasteiger partial charge in [-0.2, -0.15) is 10.4 Å². The molecular formula is C25H19N5O. The van der Waals surface area contributed by atoms with Crippen LogP contribution in [-0.2, 0) is 7.05 Å². The molecule has 0 unspecified atom stereocenters. The number of methoxy groups -OCH3 is 1. The van der Waals surface area contributed by atoms with E-state index in [9.17, 15) is 0 Å². The number of ether oxygens (including phenoxy) is 1. The molecule has 0 aliphatic rings. The van der Waals surface area contributed by atoms with Crippen LogP contribution in [0.1, 0.15) is 5.56 Å². The highest BCUT2D eigenvalue weighted by Gasteiger charge is 2.22. The van der Waals surface area contributed by atoms with Gasteiger partial charge in [0.05, 0.1) is 29.8 Å². The largest absolute Gasteiger partial charge is 0.492 e. The lowest BCUT2D eigenvalue weighted by Gasteiger charge is -2.05. The zero-order valence-corrected chi connectivity index (χ0v) is 17.1. The minimum atomic E-state index is 0.582. The first-order valence-electron chi connectivity index (χ1n) is 9.85. The van der Waals surface area contributed by atoms with E-state index in [1.807, 2.05) is 31.3 Å². The Hall–Kier alpha value is -4.37. The fraction of sp³-hybridized carbons (Fsp3) is 0.0800. The summed E-state index contributed by atoms with van der Waals surface area (Å²) in [5.74, 6) is 1.29. The number of nitrogens with zero attached hydrogens (tertiary/aromatic N) is 4. The zero-order chi connectivity index (χ0) is 21.4. The summed E-state index contributed by atoms with van der Waals surface area (Å²) in [7, 11) is 3.51. The molecule has 2 aromatic heterocycles.